The van der Waals surface area contributed by atoms with E-state index in [9.17, 15) is 8.78 Å². The van der Waals surface area contributed by atoms with Crippen LogP contribution in [0.1, 0.15) is 12.1 Å². The van der Waals surface area contributed by atoms with Crippen molar-refractivity contribution in [2.24, 2.45) is 0 Å². The molecule has 2 rings (SSSR count). The first-order valence-electron chi connectivity index (χ1n) is 6.52. The number of hydrogen-bond acceptors (Lipinski definition) is 4. The van der Waals surface area contributed by atoms with Gasteiger partial charge in [0.05, 0.1) is 6.61 Å². The molecule has 0 atom stereocenters. The minimum absolute atomic E-state index is 0.232. The predicted molar refractivity (Wildman–Crippen MR) is 74.1 cm³/mol. The lowest BCUT2D eigenvalue weighted by molar-refractivity contribution is 0.170. The van der Waals surface area contributed by atoms with Gasteiger partial charge in [0.15, 0.2) is 5.82 Å². The fraction of sp³-hybridized carbons (Fsp3) is 0.333. The van der Waals surface area contributed by atoms with Crippen molar-refractivity contribution in [2.75, 3.05) is 20.3 Å². The lowest BCUT2D eigenvalue weighted by Crippen LogP contribution is -2.04. The highest BCUT2D eigenvalue weighted by atomic mass is 19.1. The average molecular weight is 294 g/mol. The van der Waals surface area contributed by atoms with Gasteiger partial charge in [0.2, 0.25) is 5.88 Å². The molecule has 21 heavy (non-hydrogen) atoms. The Balaban J connectivity index is 2.21. The molecule has 0 aliphatic heterocycles. The molecule has 0 fully saturated rings. The third-order valence-electron chi connectivity index (χ3n) is 2.69. The Morgan fingerprint density at radius 3 is 2.38 bits per heavy atom. The van der Waals surface area contributed by atoms with Crippen LogP contribution in [0.15, 0.2) is 24.3 Å². The van der Waals surface area contributed by atoms with Gasteiger partial charge in [0.25, 0.3) is 0 Å². The molecule has 0 saturated heterocycles. The fourth-order valence-corrected chi connectivity index (χ4v) is 1.81. The molecule has 1 heterocycles. The quantitative estimate of drug-likeness (QED) is 0.768. The van der Waals surface area contributed by atoms with E-state index in [1.165, 1.54) is 12.1 Å². The Morgan fingerprint density at radius 1 is 1.00 bits per heavy atom. The molecule has 0 spiro atoms. The molecule has 0 aliphatic rings. The smallest absolute Gasteiger partial charge is 0.217 e. The van der Waals surface area contributed by atoms with Gasteiger partial charge in [-0.15, -0.1) is 0 Å². The Hall–Kier alpha value is -2.08. The molecular formula is C15H16F2N2O2. The van der Waals surface area contributed by atoms with Crippen LogP contribution in [-0.2, 0) is 4.74 Å². The minimum Gasteiger partial charge on any atom is -0.477 e. The van der Waals surface area contributed by atoms with Crippen LogP contribution < -0.4 is 4.74 Å². The van der Waals surface area contributed by atoms with E-state index >= 15 is 0 Å². The van der Waals surface area contributed by atoms with Crippen molar-refractivity contribution in [1.82, 2.24) is 9.97 Å². The summed E-state index contributed by atoms with van der Waals surface area (Å²) < 4.78 is 36.9. The maximum Gasteiger partial charge on any atom is 0.217 e. The number of aryl methyl sites for hydroxylation is 1. The Bertz CT molecular complexity index is 600. The summed E-state index contributed by atoms with van der Waals surface area (Å²) in [6.07, 6.45) is 0.726. The molecule has 0 aliphatic carbocycles. The van der Waals surface area contributed by atoms with Crippen LogP contribution >= 0.6 is 0 Å². The SMILES string of the molecule is COCCCOc1cc(C)nc(-c2cc(F)cc(F)c2)n1. The third-order valence-corrected chi connectivity index (χ3v) is 2.69. The largest absolute Gasteiger partial charge is 0.477 e. The first kappa shape index (κ1) is 15.3. The second-order valence-corrected chi connectivity index (χ2v) is 4.52. The maximum absolute atomic E-state index is 13.3. The number of nitrogens with zero attached hydrogens (tertiary/aromatic N) is 2. The summed E-state index contributed by atoms with van der Waals surface area (Å²) in [6, 6.07) is 4.85. The highest BCUT2D eigenvalue weighted by molar-refractivity contribution is 5.55. The minimum atomic E-state index is -0.669. The molecule has 6 heteroatoms. The lowest BCUT2D eigenvalue weighted by Gasteiger charge is -2.08. The van der Waals surface area contributed by atoms with Crippen LogP contribution in [0.3, 0.4) is 0 Å². The number of ether oxygens (including phenoxy) is 2. The maximum atomic E-state index is 13.3. The van der Waals surface area contributed by atoms with Crippen molar-refractivity contribution in [3.05, 3.63) is 41.6 Å². The molecule has 0 radical (unpaired) electrons. The van der Waals surface area contributed by atoms with Gasteiger partial charge in [0, 0.05) is 43.5 Å². The van der Waals surface area contributed by atoms with Crippen molar-refractivity contribution in [3.63, 3.8) is 0 Å². The Morgan fingerprint density at radius 2 is 1.71 bits per heavy atom. The van der Waals surface area contributed by atoms with Crippen LogP contribution in [0, 0.1) is 18.6 Å². The topological polar surface area (TPSA) is 44.2 Å². The molecule has 2 aromatic rings. The second-order valence-electron chi connectivity index (χ2n) is 4.52. The zero-order valence-electron chi connectivity index (χ0n) is 11.9. The molecule has 0 unspecified atom stereocenters. The van der Waals surface area contributed by atoms with E-state index in [2.05, 4.69) is 9.97 Å². The number of rotatable bonds is 6. The van der Waals surface area contributed by atoms with Crippen LogP contribution in [0.5, 0.6) is 5.88 Å². The fourth-order valence-electron chi connectivity index (χ4n) is 1.81. The average Bonchev–Trinajstić information content (AvgIpc) is 2.42. The number of aromatic nitrogens is 2. The summed E-state index contributed by atoms with van der Waals surface area (Å²) in [7, 11) is 1.62. The Labute approximate surface area is 121 Å². The van der Waals surface area contributed by atoms with Gasteiger partial charge in [0.1, 0.15) is 11.6 Å². The standard InChI is InChI=1S/C15H16F2N2O2/c1-10-6-14(21-5-3-4-20-2)19-15(18-10)11-7-12(16)9-13(17)8-11/h6-9H,3-5H2,1-2H3. The van der Waals surface area contributed by atoms with Crippen molar-refractivity contribution in [3.8, 4) is 17.3 Å². The zero-order valence-corrected chi connectivity index (χ0v) is 11.9. The van der Waals surface area contributed by atoms with E-state index < -0.39 is 11.6 Å². The predicted octanol–water partition coefficient (Wildman–Crippen LogP) is 3.15. The number of halogens is 2. The van der Waals surface area contributed by atoms with E-state index in [1.54, 1.807) is 20.1 Å². The van der Waals surface area contributed by atoms with E-state index in [0.29, 0.717) is 24.8 Å². The van der Waals surface area contributed by atoms with E-state index in [4.69, 9.17) is 9.47 Å². The van der Waals surface area contributed by atoms with Gasteiger partial charge >= 0.3 is 0 Å². The summed E-state index contributed by atoms with van der Waals surface area (Å²) >= 11 is 0. The molecule has 0 amide bonds. The third kappa shape index (κ3) is 4.46. The van der Waals surface area contributed by atoms with E-state index in [0.717, 1.165) is 12.5 Å². The molecule has 1 aromatic heterocycles. The van der Waals surface area contributed by atoms with Gasteiger partial charge in [-0.1, -0.05) is 0 Å². The Kier molecular flexibility index (Phi) is 5.16. The van der Waals surface area contributed by atoms with Crippen LogP contribution in [0.25, 0.3) is 11.4 Å². The van der Waals surface area contributed by atoms with Crippen molar-refractivity contribution in [2.45, 2.75) is 13.3 Å². The summed E-state index contributed by atoms with van der Waals surface area (Å²) in [5.41, 5.74) is 0.935. The van der Waals surface area contributed by atoms with Crippen molar-refractivity contribution < 1.29 is 18.3 Å². The first-order chi connectivity index (χ1) is 10.1. The molecule has 0 bridgehead atoms. The molecule has 0 saturated carbocycles. The van der Waals surface area contributed by atoms with Gasteiger partial charge in [-0.3, -0.25) is 0 Å². The number of methoxy groups -OCH3 is 1. The number of benzene rings is 1. The highest BCUT2D eigenvalue weighted by Gasteiger charge is 2.09. The monoisotopic (exact) mass is 294 g/mol. The molecule has 0 N–H and O–H groups in total. The first-order valence-corrected chi connectivity index (χ1v) is 6.52. The van der Waals surface area contributed by atoms with Gasteiger partial charge < -0.3 is 9.47 Å². The van der Waals surface area contributed by atoms with Crippen LogP contribution in [0.2, 0.25) is 0 Å². The lowest BCUT2D eigenvalue weighted by atomic mass is 10.2. The summed E-state index contributed by atoms with van der Waals surface area (Å²) in [5.74, 6) is -0.733. The van der Waals surface area contributed by atoms with Gasteiger partial charge in [-0.05, 0) is 19.1 Å². The highest BCUT2D eigenvalue weighted by Crippen LogP contribution is 2.21. The zero-order chi connectivity index (χ0) is 15.2. The second kappa shape index (κ2) is 7.08. The summed E-state index contributed by atoms with van der Waals surface area (Å²) in [4.78, 5) is 8.36. The molecular weight excluding hydrogens is 278 g/mol. The normalized spacial score (nSPS) is 10.7. The molecule has 4 nitrogen and oxygen atoms in total. The molecule has 1 aromatic carbocycles. The van der Waals surface area contributed by atoms with Crippen LogP contribution in [0.4, 0.5) is 8.78 Å². The van der Waals surface area contributed by atoms with E-state index in [-0.39, 0.29) is 11.4 Å². The van der Waals surface area contributed by atoms with Crippen LogP contribution in [-0.4, -0.2) is 30.3 Å². The molecule has 112 valence electrons. The van der Waals surface area contributed by atoms with Gasteiger partial charge in [-0.25, -0.2) is 13.8 Å². The summed E-state index contributed by atoms with van der Waals surface area (Å²) in [5, 5.41) is 0. The van der Waals surface area contributed by atoms with Crippen molar-refractivity contribution >= 4 is 0 Å². The van der Waals surface area contributed by atoms with Crippen molar-refractivity contribution in [1.29, 1.82) is 0 Å². The number of hydrogen-bond donors (Lipinski definition) is 0. The van der Waals surface area contributed by atoms with Gasteiger partial charge in [-0.2, -0.15) is 4.98 Å². The van der Waals surface area contributed by atoms with E-state index in [1.807, 2.05) is 0 Å². The summed E-state index contributed by atoms with van der Waals surface area (Å²) in [6.45, 7) is 2.80.